The Balaban J connectivity index is 1.80. The van der Waals surface area contributed by atoms with E-state index in [1.165, 1.54) is 0 Å². The van der Waals surface area contributed by atoms with Crippen LogP contribution in [0, 0.1) is 0 Å². The maximum Gasteiger partial charge on any atom is 0.322 e. The van der Waals surface area contributed by atoms with Gasteiger partial charge in [-0.2, -0.15) is 0 Å². The summed E-state index contributed by atoms with van der Waals surface area (Å²) in [7, 11) is 0. The Labute approximate surface area is 134 Å². The topological polar surface area (TPSA) is 82.1 Å². The first-order valence-corrected chi connectivity index (χ1v) is 7.84. The number of carboxylic acid groups (broad SMARTS) is 1. The maximum atomic E-state index is 12.9. The van der Waals surface area contributed by atoms with E-state index in [2.05, 4.69) is 10.2 Å². The van der Waals surface area contributed by atoms with Crippen molar-refractivity contribution in [3.63, 3.8) is 0 Å². The van der Waals surface area contributed by atoms with Crippen molar-refractivity contribution in [2.24, 2.45) is 0 Å². The van der Waals surface area contributed by atoms with Gasteiger partial charge in [-0.25, -0.2) is 0 Å². The lowest BCUT2D eigenvalue weighted by molar-refractivity contribution is -0.140. The van der Waals surface area contributed by atoms with Crippen LogP contribution in [0.15, 0.2) is 24.3 Å². The van der Waals surface area contributed by atoms with Gasteiger partial charge in [0.05, 0.1) is 18.8 Å². The fourth-order valence-electron chi connectivity index (χ4n) is 3.00. The molecule has 1 unspecified atom stereocenters. The Kier molecular flexibility index (Phi) is 4.78. The van der Waals surface area contributed by atoms with Crippen LogP contribution in [-0.4, -0.2) is 73.9 Å². The molecule has 2 saturated heterocycles. The molecule has 124 valence electrons. The van der Waals surface area contributed by atoms with E-state index in [4.69, 9.17) is 9.84 Å². The molecule has 1 atom stereocenters. The third kappa shape index (κ3) is 3.46. The molecule has 0 radical (unpaired) electrons. The number of amides is 1. The zero-order chi connectivity index (χ0) is 16.2. The second kappa shape index (κ2) is 6.97. The van der Waals surface area contributed by atoms with Crippen LogP contribution in [-0.2, 0) is 9.53 Å². The number of hydrogen-bond donors (Lipinski definition) is 2. The van der Waals surface area contributed by atoms with Crippen LogP contribution in [0.5, 0.6) is 0 Å². The normalized spacial score (nSPS) is 22.0. The number of nitrogens with one attached hydrogen (secondary N) is 1. The first-order valence-electron chi connectivity index (χ1n) is 7.84. The quantitative estimate of drug-likeness (QED) is 0.817. The van der Waals surface area contributed by atoms with Gasteiger partial charge in [0.2, 0.25) is 0 Å². The van der Waals surface area contributed by atoms with E-state index in [1.807, 2.05) is 24.3 Å². The highest BCUT2D eigenvalue weighted by Gasteiger charge is 2.29. The fourth-order valence-corrected chi connectivity index (χ4v) is 3.00. The number of benzene rings is 1. The van der Waals surface area contributed by atoms with Crippen molar-refractivity contribution in [2.75, 3.05) is 50.8 Å². The predicted molar refractivity (Wildman–Crippen MR) is 84.8 cm³/mol. The van der Waals surface area contributed by atoms with Gasteiger partial charge < -0.3 is 25.0 Å². The summed E-state index contributed by atoms with van der Waals surface area (Å²) in [6.45, 7) is 4.00. The molecule has 1 amide bonds. The number of carbonyl (C=O) groups is 2. The van der Waals surface area contributed by atoms with Crippen molar-refractivity contribution in [1.29, 1.82) is 0 Å². The number of para-hydroxylation sites is 1. The molecule has 3 rings (SSSR count). The highest BCUT2D eigenvalue weighted by molar-refractivity contribution is 6.00. The van der Waals surface area contributed by atoms with E-state index in [1.54, 1.807) is 4.90 Å². The number of rotatable bonds is 3. The van der Waals surface area contributed by atoms with Crippen LogP contribution in [0.25, 0.3) is 0 Å². The molecule has 2 aliphatic rings. The number of nitrogens with zero attached hydrogens (tertiary/aromatic N) is 2. The monoisotopic (exact) mass is 319 g/mol. The van der Waals surface area contributed by atoms with E-state index in [0.29, 0.717) is 31.9 Å². The van der Waals surface area contributed by atoms with Crippen LogP contribution in [0.2, 0.25) is 0 Å². The van der Waals surface area contributed by atoms with Crippen molar-refractivity contribution in [3.8, 4) is 0 Å². The SMILES string of the molecule is O=C(O)C1CN(C(=O)c2ccccc2N2CCOCC2)CCN1. The molecular weight excluding hydrogens is 298 g/mol. The summed E-state index contributed by atoms with van der Waals surface area (Å²) in [4.78, 5) is 27.8. The number of anilines is 1. The first-order chi connectivity index (χ1) is 11.2. The predicted octanol–water partition coefficient (Wildman–Crippen LogP) is 0.0218. The average molecular weight is 319 g/mol. The Morgan fingerprint density at radius 2 is 1.91 bits per heavy atom. The minimum absolute atomic E-state index is 0.111. The molecule has 7 heteroatoms. The molecule has 0 bridgehead atoms. The summed E-state index contributed by atoms with van der Waals surface area (Å²) in [6, 6.07) is 6.80. The fraction of sp³-hybridized carbons (Fsp3) is 0.500. The second-order valence-corrected chi connectivity index (χ2v) is 5.71. The summed E-state index contributed by atoms with van der Waals surface area (Å²) in [6.07, 6.45) is 0. The molecule has 7 nitrogen and oxygen atoms in total. The summed E-state index contributed by atoms with van der Waals surface area (Å²) in [5, 5.41) is 12.1. The van der Waals surface area contributed by atoms with Gasteiger partial charge in [0.15, 0.2) is 0 Å². The second-order valence-electron chi connectivity index (χ2n) is 5.71. The van der Waals surface area contributed by atoms with Gasteiger partial charge in [-0.15, -0.1) is 0 Å². The largest absolute Gasteiger partial charge is 0.480 e. The molecule has 0 aromatic heterocycles. The van der Waals surface area contributed by atoms with Crippen LogP contribution in [0.4, 0.5) is 5.69 Å². The Hall–Kier alpha value is -2.12. The highest BCUT2D eigenvalue weighted by atomic mass is 16.5. The third-order valence-electron chi connectivity index (χ3n) is 4.25. The molecule has 23 heavy (non-hydrogen) atoms. The van der Waals surface area contributed by atoms with Crippen LogP contribution in [0.1, 0.15) is 10.4 Å². The van der Waals surface area contributed by atoms with E-state index >= 15 is 0 Å². The smallest absolute Gasteiger partial charge is 0.322 e. The van der Waals surface area contributed by atoms with Gasteiger partial charge in [-0.05, 0) is 12.1 Å². The van der Waals surface area contributed by atoms with Gasteiger partial charge in [-0.1, -0.05) is 12.1 Å². The van der Waals surface area contributed by atoms with Crippen LogP contribution < -0.4 is 10.2 Å². The Morgan fingerprint density at radius 3 is 2.65 bits per heavy atom. The van der Waals surface area contributed by atoms with Crippen molar-refractivity contribution in [2.45, 2.75) is 6.04 Å². The van der Waals surface area contributed by atoms with E-state index in [0.717, 1.165) is 18.8 Å². The van der Waals surface area contributed by atoms with Gasteiger partial charge in [0.25, 0.3) is 5.91 Å². The summed E-state index contributed by atoms with van der Waals surface area (Å²) in [5.41, 5.74) is 1.52. The Morgan fingerprint density at radius 1 is 1.17 bits per heavy atom. The average Bonchev–Trinajstić information content (AvgIpc) is 2.62. The lowest BCUT2D eigenvalue weighted by atomic mass is 10.1. The van der Waals surface area contributed by atoms with E-state index < -0.39 is 12.0 Å². The summed E-state index contributed by atoms with van der Waals surface area (Å²) < 4.78 is 5.37. The number of morpholine rings is 1. The molecule has 2 fully saturated rings. The number of aliphatic carboxylic acids is 1. The minimum atomic E-state index is -0.927. The molecule has 2 heterocycles. The molecule has 0 spiro atoms. The van der Waals surface area contributed by atoms with E-state index in [-0.39, 0.29) is 12.5 Å². The molecule has 1 aromatic carbocycles. The summed E-state index contributed by atoms with van der Waals surface area (Å²) >= 11 is 0. The van der Waals surface area contributed by atoms with Gasteiger partial charge >= 0.3 is 5.97 Å². The summed E-state index contributed by atoms with van der Waals surface area (Å²) in [5.74, 6) is -1.04. The number of ether oxygens (including phenoxy) is 1. The molecule has 0 saturated carbocycles. The van der Waals surface area contributed by atoms with Crippen molar-refractivity contribution in [1.82, 2.24) is 10.2 Å². The molecule has 1 aromatic rings. The standard InChI is InChI=1S/C16H21N3O4/c20-15(19-6-5-17-13(11-19)16(21)22)12-3-1-2-4-14(12)18-7-9-23-10-8-18/h1-4,13,17H,5-11H2,(H,21,22). The number of hydrogen-bond acceptors (Lipinski definition) is 5. The molecule has 2 aliphatic heterocycles. The van der Waals surface area contributed by atoms with Crippen molar-refractivity contribution in [3.05, 3.63) is 29.8 Å². The maximum absolute atomic E-state index is 12.9. The number of piperazine rings is 1. The molecule has 0 aliphatic carbocycles. The van der Waals surface area contributed by atoms with Crippen LogP contribution in [0.3, 0.4) is 0 Å². The zero-order valence-electron chi connectivity index (χ0n) is 12.9. The third-order valence-corrected chi connectivity index (χ3v) is 4.25. The molecular formula is C16H21N3O4. The number of carboxylic acids is 1. The van der Waals surface area contributed by atoms with Crippen molar-refractivity contribution < 1.29 is 19.4 Å². The van der Waals surface area contributed by atoms with E-state index in [9.17, 15) is 9.59 Å². The zero-order valence-corrected chi connectivity index (χ0v) is 12.9. The van der Waals surface area contributed by atoms with Gasteiger partial charge in [0.1, 0.15) is 6.04 Å². The highest BCUT2D eigenvalue weighted by Crippen LogP contribution is 2.23. The Bertz CT molecular complexity index is 586. The number of carbonyl (C=O) groups excluding carboxylic acids is 1. The van der Waals surface area contributed by atoms with Gasteiger partial charge in [0, 0.05) is 38.4 Å². The lowest BCUT2D eigenvalue weighted by Gasteiger charge is -2.34. The lowest BCUT2D eigenvalue weighted by Crippen LogP contribution is -2.55. The van der Waals surface area contributed by atoms with Crippen LogP contribution >= 0.6 is 0 Å². The molecule has 2 N–H and O–H groups in total. The minimum Gasteiger partial charge on any atom is -0.480 e. The first kappa shape index (κ1) is 15.8. The van der Waals surface area contributed by atoms with Crippen molar-refractivity contribution >= 4 is 17.6 Å². The van der Waals surface area contributed by atoms with Gasteiger partial charge in [-0.3, -0.25) is 9.59 Å².